The molecular weight excluding hydrogens is 351 g/mol. The molecule has 1 aliphatic rings. The fraction of sp³-hybridized carbons (Fsp3) is 0.316. The van der Waals surface area contributed by atoms with E-state index in [2.05, 4.69) is 0 Å². The van der Waals surface area contributed by atoms with Gasteiger partial charge >= 0.3 is 6.18 Å². The van der Waals surface area contributed by atoms with Crippen molar-refractivity contribution < 1.29 is 18.0 Å². The highest BCUT2D eigenvalue weighted by Gasteiger charge is 2.38. The molecule has 6 heteroatoms. The second-order valence-electron chi connectivity index (χ2n) is 6.37. The number of Topliss-reactive ketones (excluding diaryl/α,β-unsaturated/α-hetero) is 1. The summed E-state index contributed by atoms with van der Waals surface area (Å²) in [6.07, 6.45) is -4.43. The first-order valence-electron chi connectivity index (χ1n) is 7.91. The Hall–Kier alpha value is -1.85. The highest BCUT2D eigenvalue weighted by molar-refractivity contribution is 6.31. The van der Waals surface area contributed by atoms with E-state index in [0.29, 0.717) is 23.7 Å². The Bertz CT molecular complexity index is 790. The molecule has 0 radical (unpaired) electrons. The second kappa shape index (κ2) is 6.81. The van der Waals surface area contributed by atoms with Crippen LogP contribution in [0.2, 0.25) is 5.02 Å². The van der Waals surface area contributed by atoms with Crippen molar-refractivity contribution in [1.82, 2.24) is 4.90 Å². The van der Waals surface area contributed by atoms with Crippen LogP contribution in [0.25, 0.3) is 0 Å². The van der Waals surface area contributed by atoms with E-state index in [1.165, 1.54) is 6.07 Å². The van der Waals surface area contributed by atoms with Crippen molar-refractivity contribution in [1.29, 1.82) is 0 Å². The van der Waals surface area contributed by atoms with Crippen molar-refractivity contribution in [3.63, 3.8) is 0 Å². The van der Waals surface area contributed by atoms with E-state index in [1.807, 2.05) is 18.0 Å². The molecule has 1 heterocycles. The summed E-state index contributed by atoms with van der Waals surface area (Å²) in [5, 5.41) is 0.499. The van der Waals surface area contributed by atoms with Gasteiger partial charge in [0.2, 0.25) is 0 Å². The van der Waals surface area contributed by atoms with Crippen molar-refractivity contribution in [2.24, 2.45) is 0 Å². The van der Waals surface area contributed by atoms with Crippen LogP contribution >= 0.6 is 11.6 Å². The van der Waals surface area contributed by atoms with Gasteiger partial charge in [0.25, 0.3) is 0 Å². The Morgan fingerprint density at radius 2 is 1.72 bits per heavy atom. The van der Waals surface area contributed by atoms with Crippen LogP contribution in [0.3, 0.4) is 0 Å². The molecule has 1 fully saturated rings. The van der Waals surface area contributed by atoms with Gasteiger partial charge < -0.3 is 4.90 Å². The first-order chi connectivity index (χ1) is 11.8. The van der Waals surface area contributed by atoms with Crippen LogP contribution in [-0.2, 0) is 11.0 Å². The van der Waals surface area contributed by atoms with Gasteiger partial charge in [0, 0.05) is 18.1 Å². The average Bonchev–Trinajstić information content (AvgIpc) is 2.57. The van der Waals surface area contributed by atoms with Gasteiger partial charge in [0.05, 0.1) is 17.4 Å². The van der Waals surface area contributed by atoms with E-state index >= 15 is 0 Å². The Labute approximate surface area is 149 Å². The van der Waals surface area contributed by atoms with Gasteiger partial charge in [-0.2, -0.15) is 13.2 Å². The smallest absolute Gasteiger partial charge is 0.304 e. The monoisotopic (exact) mass is 367 g/mol. The lowest BCUT2D eigenvalue weighted by atomic mass is 9.80. The van der Waals surface area contributed by atoms with Gasteiger partial charge in [-0.1, -0.05) is 48.0 Å². The number of hydrogen-bond acceptors (Lipinski definition) is 2. The van der Waals surface area contributed by atoms with E-state index in [4.69, 9.17) is 11.6 Å². The molecule has 25 heavy (non-hydrogen) atoms. The molecule has 0 aromatic heterocycles. The van der Waals surface area contributed by atoms with Crippen LogP contribution in [0.4, 0.5) is 13.2 Å². The van der Waals surface area contributed by atoms with Crippen molar-refractivity contribution in [3.8, 4) is 0 Å². The summed E-state index contributed by atoms with van der Waals surface area (Å²) in [5.41, 5.74) is 0.376. The molecule has 2 aromatic carbocycles. The van der Waals surface area contributed by atoms with Crippen molar-refractivity contribution in [2.75, 3.05) is 20.1 Å². The summed E-state index contributed by atoms with van der Waals surface area (Å²) in [6, 6.07) is 12.1. The summed E-state index contributed by atoms with van der Waals surface area (Å²) in [6.45, 7) is 0.888. The number of nitrogens with zero attached hydrogens (tertiary/aromatic N) is 1. The van der Waals surface area contributed by atoms with Gasteiger partial charge in [0.1, 0.15) is 5.78 Å². The van der Waals surface area contributed by atoms with E-state index in [-0.39, 0.29) is 5.78 Å². The number of carbonyl (C=O) groups is 1. The zero-order valence-corrected chi connectivity index (χ0v) is 14.3. The molecule has 0 N–H and O–H groups in total. The summed E-state index contributed by atoms with van der Waals surface area (Å²) in [7, 11) is 1.86. The normalized spacial score (nSPS) is 22.2. The van der Waals surface area contributed by atoms with Crippen LogP contribution in [-0.4, -0.2) is 30.8 Å². The topological polar surface area (TPSA) is 20.3 Å². The summed E-state index contributed by atoms with van der Waals surface area (Å²) in [4.78, 5) is 15.0. The van der Waals surface area contributed by atoms with E-state index < -0.39 is 23.6 Å². The Morgan fingerprint density at radius 1 is 1.04 bits per heavy atom. The first kappa shape index (κ1) is 18.0. The van der Waals surface area contributed by atoms with Crippen LogP contribution < -0.4 is 0 Å². The maximum Gasteiger partial charge on any atom is 0.416 e. The minimum absolute atomic E-state index is 0.0921. The predicted octanol–water partition coefficient (Wildman–Crippen LogP) is 4.74. The van der Waals surface area contributed by atoms with Gasteiger partial charge in [0.15, 0.2) is 0 Å². The lowest BCUT2D eigenvalue weighted by Gasteiger charge is -2.35. The maximum absolute atomic E-state index is 13.0. The predicted molar refractivity (Wildman–Crippen MR) is 90.9 cm³/mol. The highest BCUT2D eigenvalue weighted by Crippen LogP contribution is 2.37. The largest absolute Gasteiger partial charge is 0.416 e. The van der Waals surface area contributed by atoms with Gasteiger partial charge in [-0.25, -0.2) is 0 Å². The lowest BCUT2D eigenvalue weighted by Crippen LogP contribution is -2.42. The Kier molecular flexibility index (Phi) is 4.89. The number of piperidine rings is 1. The minimum atomic E-state index is -4.43. The molecule has 0 spiro atoms. The number of benzene rings is 2. The third kappa shape index (κ3) is 3.72. The molecule has 3 rings (SSSR count). The molecule has 0 bridgehead atoms. The molecule has 2 aromatic rings. The number of hydrogen-bond donors (Lipinski definition) is 0. The minimum Gasteiger partial charge on any atom is -0.304 e. The SMILES string of the molecule is CN1CC(c2cccc(C(F)(F)F)c2)C(=O)C(c2ccccc2Cl)C1. The maximum atomic E-state index is 13.0. The van der Waals surface area contributed by atoms with Gasteiger partial charge in [-0.05, 0) is 30.3 Å². The fourth-order valence-corrected chi connectivity index (χ4v) is 3.60. The van der Waals surface area contributed by atoms with Gasteiger partial charge in [-0.15, -0.1) is 0 Å². The molecule has 2 nitrogen and oxygen atoms in total. The van der Waals surface area contributed by atoms with Crippen molar-refractivity contribution in [3.05, 3.63) is 70.2 Å². The zero-order chi connectivity index (χ0) is 18.2. The quantitative estimate of drug-likeness (QED) is 0.764. The van der Waals surface area contributed by atoms with Crippen LogP contribution in [0, 0.1) is 0 Å². The molecule has 2 unspecified atom stereocenters. The molecule has 2 atom stereocenters. The summed E-state index contributed by atoms with van der Waals surface area (Å²) in [5.74, 6) is -1.15. The van der Waals surface area contributed by atoms with Crippen molar-refractivity contribution in [2.45, 2.75) is 18.0 Å². The fourth-order valence-electron chi connectivity index (χ4n) is 3.33. The van der Waals surface area contributed by atoms with E-state index in [9.17, 15) is 18.0 Å². The first-order valence-corrected chi connectivity index (χ1v) is 8.29. The number of likely N-dealkylation sites (N-methyl/N-ethyl adjacent to an activating group) is 1. The molecule has 1 aliphatic heterocycles. The molecule has 132 valence electrons. The van der Waals surface area contributed by atoms with Crippen LogP contribution in [0.1, 0.15) is 28.5 Å². The van der Waals surface area contributed by atoms with Crippen molar-refractivity contribution >= 4 is 17.4 Å². The number of halogens is 4. The molecule has 0 saturated carbocycles. The molecule has 1 saturated heterocycles. The molecule has 0 amide bonds. The Morgan fingerprint density at radius 3 is 2.40 bits per heavy atom. The third-order valence-corrected chi connectivity index (χ3v) is 4.92. The lowest BCUT2D eigenvalue weighted by molar-refractivity contribution is -0.137. The zero-order valence-electron chi connectivity index (χ0n) is 13.6. The second-order valence-corrected chi connectivity index (χ2v) is 6.78. The summed E-state index contributed by atoms with van der Waals surface area (Å²) < 4.78 is 39.0. The van der Waals surface area contributed by atoms with Gasteiger partial charge in [-0.3, -0.25) is 4.79 Å². The number of likely N-dealkylation sites (tertiary alicyclic amines) is 1. The molecular formula is C19H17ClF3NO. The summed E-state index contributed by atoms with van der Waals surface area (Å²) >= 11 is 6.23. The standard InChI is InChI=1S/C19H17ClF3NO/c1-24-10-15(12-5-4-6-13(9-12)19(21,22)23)18(25)16(11-24)14-7-2-3-8-17(14)20/h2-9,15-16H,10-11H2,1H3. The van der Waals surface area contributed by atoms with E-state index in [0.717, 1.165) is 17.7 Å². The van der Waals surface area contributed by atoms with Crippen LogP contribution in [0.15, 0.2) is 48.5 Å². The third-order valence-electron chi connectivity index (χ3n) is 4.57. The average molecular weight is 368 g/mol. The van der Waals surface area contributed by atoms with E-state index in [1.54, 1.807) is 24.3 Å². The number of carbonyl (C=O) groups excluding carboxylic acids is 1. The molecule has 0 aliphatic carbocycles. The highest BCUT2D eigenvalue weighted by atomic mass is 35.5. The number of alkyl halides is 3. The van der Waals surface area contributed by atoms with Crippen LogP contribution in [0.5, 0.6) is 0 Å². The Balaban J connectivity index is 1.97. The number of rotatable bonds is 2. The number of ketones is 1.